The molecule has 0 aliphatic carbocycles. The van der Waals surface area contributed by atoms with Crippen molar-refractivity contribution in [2.75, 3.05) is 20.8 Å². The Labute approximate surface area is 126 Å². The summed E-state index contributed by atoms with van der Waals surface area (Å²) in [6.07, 6.45) is 2.25. The molecule has 0 atom stereocenters. The van der Waals surface area contributed by atoms with Crippen molar-refractivity contribution < 1.29 is 9.47 Å². The molecular formula is C18H23NO2. The summed E-state index contributed by atoms with van der Waals surface area (Å²) in [5, 5.41) is 3.46. The fourth-order valence-corrected chi connectivity index (χ4v) is 2.29. The van der Waals surface area contributed by atoms with Gasteiger partial charge in [-0.3, -0.25) is 0 Å². The van der Waals surface area contributed by atoms with Crippen molar-refractivity contribution >= 4 is 0 Å². The Morgan fingerprint density at radius 1 is 0.857 bits per heavy atom. The number of methoxy groups -OCH3 is 2. The molecule has 3 heteroatoms. The van der Waals surface area contributed by atoms with Crippen LogP contribution >= 0.6 is 0 Å². The van der Waals surface area contributed by atoms with Crippen molar-refractivity contribution in [3.05, 3.63) is 59.7 Å². The van der Waals surface area contributed by atoms with Gasteiger partial charge >= 0.3 is 0 Å². The summed E-state index contributed by atoms with van der Waals surface area (Å²) >= 11 is 0. The summed E-state index contributed by atoms with van der Waals surface area (Å²) in [5.74, 6) is 1.55. The van der Waals surface area contributed by atoms with Gasteiger partial charge in [-0.05, 0) is 42.6 Å². The zero-order valence-corrected chi connectivity index (χ0v) is 12.8. The molecule has 0 amide bonds. The van der Waals surface area contributed by atoms with Gasteiger partial charge in [0.1, 0.15) is 0 Å². The van der Waals surface area contributed by atoms with E-state index in [1.807, 2.05) is 12.1 Å². The molecule has 0 saturated carbocycles. The molecule has 2 rings (SSSR count). The fraction of sp³-hybridized carbons (Fsp3) is 0.333. The highest BCUT2D eigenvalue weighted by Crippen LogP contribution is 2.27. The summed E-state index contributed by atoms with van der Waals surface area (Å²) < 4.78 is 10.5. The van der Waals surface area contributed by atoms with Crippen LogP contribution in [0.4, 0.5) is 0 Å². The lowest BCUT2D eigenvalue weighted by Crippen LogP contribution is -2.15. The first kappa shape index (κ1) is 15.4. The lowest BCUT2D eigenvalue weighted by atomic mass is 10.1. The first-order valence-electron chi connectivity index (χ1n) is 7.29. The summed E-state index contributed by atoms with van der Waals surface area (Å²) in [6.45, 7) is 1.85. The molecule has 0 bridgehead atoms. The maximum absolute atomic E-state index is 5.31. The average Bonchev–Trinajstić information content (AvgIpc) is 2.55. The molecule has 2 aromatic rings. The first-order valence-corrected chi connectivity index (χ1v) is 7.29. The van der Waals surface area contributed by atoms with Gasteiger partial charge in [0.25, 0.3) is 0 Å². The highest BCUT2D eigenvalue weighted by atomic mass is 16.5. The number of aryl methyl sites for hydroxylation is 1. The molecule has 112 valence electrons. The Bertz CT molecular complexity index is 540. The van der Waals surface area contributed by atoms with Crippen LogP contribution in [0, 0.1) is 0 Å². The smallest absolute Gasteiger partial charge is 0.161 e. The summed E-state index contributed by atoms with van der Waals surface area (Å²) in [7, 11) is 3.31. The van der Waals surface area contributed by atoms with E-state index >= 15 is 0 Å². The molecule has 0 aromatic heterocycles. The molecule has 0 radical (unpaired) electrons. The number of hydrogen-bond donors (Lipinski definition) is 1. The fourth-order valence-electron chi connectivity index (χ4n) is 2.29. The van der Waals surface area contributed by atoms with Gasteiger partial charge in [-0.1, -0.05) is 36.4 Å². The second kappa shape index (κ2) is 8.32. The number of ether oxygens (including phenoxy) is 2. The predicted octanol–water partition coefficient (Wildman–Crippen LogP) is 3.43. The lowest BCUT2D eigenvalue weighted by molar-refractivity contribution is 0.354. The van der Waals surface area contributed by atoms with Gasteiger partial charge < -0.3 is 14.8 Å². The van der Waals surface area contributed by atoms with Crippen LogP contribution in [0.2, 0.25) is 0 Å². The third-order valence-electron chi connectivity index (χ3n) is 3.44. The van der Waals surface area contributed by atoms with Crippen molar-refractivity contribution in [3.63, 3.8) is 0 Å². The molecule has 2 aromatic carbocycles. The molecule has 0 unspecified atom stereocenters. The summed E-state index contributed by atoms with van der Waals surface area (Å²) in [4.78, 5) is 0. The lowest BCUT2D eigenvalue weighted by Gasteiger charge is -2.10. The van der Waals surface area contributed by atoms with Crippen LogP contribution in [0.1, 0.15) is 17.5 Å². The zero-order chi connectivity index (χ0) is 14.9. The largest absolute Gasteiger partial charge is 0.493 e. The molecule has 3 nitrogen and oxygen atoms in total. The van der Waals surface area contributed by atoms with Gasteiger partial charge in [0.2, 0.25) is 0 Å². The second-order valence-corrected chi connectivity index (χ2v) is 4.96. The van der Waals surface area contributed by atoms with Gasteiger partial charge in [0.15, 0.2) is 11.5 Å². The minimum Gasteiger partial charge on any atom is -0.493 e. The molecule has 0 heterocycles. The zero-order valence-electron chi connectivity index (χ0n) is 12.8. The molecule has 0 fully saturated rings. The quantitative estimate of drug-likeness (QED) is 0.754. The van der Waals surface area contributed by atoms with E-state index in [1.54, 1.807) is 14.2 Å². The Balaban J connectivity index is 1.73. The third-order valence-corrected chi connectivity index (χ3v) is 3.44. The molecule has 0 saturated heterocycles. The molecule has 21 heavy (non-hydrogen) atoms. The topological polar surface area (TPSA) is 30.5 Å². The van der Waals surface area contributed by atoms with Crippen molar-refractivity contribution in [1.82, 2.24) is 5.32 Å². The summed E-state index contributed by atoms with van der Waals surface area (Å²) in [6, 6.07) is 16.6. The Kier molecular flexibility index (Phi) is 6.10. The van der Waals surface area contributed by atoms with E-state index in [-0.39, 0.29) is 0 Å². The van der Waals surface area contributed by atoms with Crippen LogP contribution in [-0.4, -0.2) is 20.8 Å². The normalized spacial score (nSPS) is 10.4. The number of rotatable bonds is 8. The maximum atomic E-state index is 5.31. The van der Waals surface area contributed by atoms with Crippen LogP contribution in [0.5, 0.6) is 11.5 Å². The van der Waals surface area contributed by atoms with E-state index in [1.165, 1.54) is 11.1 Å². The van der Waals surface area contributed by atoms with Crippen molar-refractivity contribution in [3.8, 4) is 11.5 Å². The molecule has 0 spiro atoms. The molecule has 0 aliphatic heterocycles. The van der Waals surface area contributed by atoms with Crippen LogP contribution in [0.15, 0.2) is 48.5 Å². The average molecular weight is 285 g/mol. The van der Waals surface area contributed by atoms with E-state index in [0.29, 0.717) is 0 Å². The molecular weight excluding hydrogens is 262 g/mol. The highest BCUT2D eigenvalue weighted by molar-refractivity contribution is 5.42. The maximum Gasteiger partial charge on any atom is 0.161 e. The molecule has 1 N–H and O–H groups in total. The van der Waals surface area contributed by atoms with Crippen LogP contribution < -0.4 is 14.8 Å². The van der Waals surface area contributed by atoms with E-state index in [0.717, 1.165) is 37.4 Å². The van der Waals surface area contributed by atoms with E-state index in [4.69, 9.17) is 9.47 Å². The van der Waals surface area contributed by atoms with Gasteiger partial charge in [0.05, 0.1) is 14.2 Å². The SMILES string of the molecule is COc1ccc(CNCCCc2ccccc2)cc1OC. The standard InChI is InChI=1S/C18H23NO2/c1-20-17-11-10-16(13-18(17)21-2)14-19-12-6-9-15-7-4-3-5-8-15/h3-5,7-8,10-11,13,19H,6,9,12,14H2,1-2H3. The second-order valence-electron chi connectivity index (χ2n) is 4.96. The number of benzene rings is 2. The minimum atomic E-state index is 0.769. The van der Waals surface area contributed by atoms with E-state index in [9.17, 15) is 0 Å². The van der Waals surface area contributed by atoms with Crippen LogP contribution in [0.3, 0.4) is 0 Å². The number of hydrogen-bond acceptors (Lipinski definition) is 3. The number of nitrogens with one attached hydrogen (secondary N) is 1. The van der Waals surface area contributed by atoms with Gasteiger partial charge in [0, 0.05) is 6.54 Å². The van der Waals surface area contributed by atoms with E-state index in [2.05, 4.69) is 41.7 Å². The Hall–Kier alpha value is -2.00. The van der Waals surface area contributed by atoms with Crippen molar-refractivity contribution in [1.29, 1.82) is 0 Å². The Morgan fingerprint density at radius 2 is 1.62 bits per heavy atom. The van der Waals surface area contributed by atoms with Crippen LogP contribution in [-0.2, 0) is 13.0 Å². The molecule has 0 aliphatic rings. The third kappa shape index (κ3) is 4.80. The van der Waals surface area contributed by atoms with Crippen molar-refractivity contribution in [2.45, 2.75) is 19.4 Å². The van der Waals surface area contributed by atoms with Crippen molar-refractivity contribution in [2.24, 2.45) is 0 Å². The highest BCUT2D eigenvalue weighted by Gasteiger charge is 2.04. The predicted molar refractivity (Wildman–Crippen MR) is 86.0 cm³/mol. The first-order chi connectivity index (χ1) is 10.3. The van der Waals surface area contributed by atoms with Gasteiger partial charge in [-0.2, -0.15) is 0 Å². The van der Waals surface area contributed by atoms with E-state index < -0.39 is 0 Å². The Morgan fingerprint density at radius 3 is 2.33 bits per heavy atom. The van der Waals surface area contributed by atoms with Gasteiger partial charge in [-0.25, -0.2) is 0 Å². The monoisotopic (exact) mass is 285 g/mol. The minimum absolute atomic E-state index is 0.769. The summed E-state index contributed by atoms with van der Waals surface area (Å²) in [5.41, 5.74) is 2.60. The van der Waals surface area contributed by atoms with Gasteiger partial charge in [-0.15, -0.1) is 0 Å². The van der Waals surface area contributed by atoms with Crippen LogP contribution in [0.25, 0.3) is 0 Å².